The molecule has 0 fully saturated rings. The molecule has 1 radical (unpaired) electrons. The quantitative estimate of drug-likeness (QED) is 0.600. The molecule has 3 rings (SSSR count). The van der Waals surface area contributed by atoms with Gasteiger partial charge in [0.1, 0.15) is 6.61 Å². The molecule has 0 aromatic heterocycles. The van der Waals surface area contributed by atoms with Crippen LogP contribution in [0.5, 0.6) is 0 Å². The van der Waals surface area contributed by atoms with Crippen molar-refractivity contribution < 1.29 is 9.53 Å². The van der Waals surface area contributed by atoms with Crippen LogP contribution in [-0.4, -0.2) is 5.97 Å². The number of benzene rings is 3. The van der Waals surface area contributed by atoms with Crippen LogP contribution in [0, 0.1) is 12.8 Å². The number of ether oxygens (including phenoxy) is 1. The molecule has 0 amide bonds. The van der Waals surface area contributed by atoms with Crippen LogP contribution >= 0.6 is 0 Å². The highest BCUT2D eigenvalue weighted by molar-refractivity contribution is 5.86. The van der Waals surface area contributed by atoms with Crippen LogP contribution < -0.4 is 0 Å². The monoisotopic (exact) mass is 317 g/mol. The Morgan fingerprint density at radius 3 is 2.42 bits per heavy atom. The Morgan fingerprint density at radius 1 is 0.917 bits per heavy atom. The summed E-state index contributed by atoms with van der Waals surface area (Å²) in [6.07, 6.45) is 1.18. The van der Waals surface area contributed by atoms with Crippen LogP contribution in [0.2, 0.25) is 0 Å². The maximum absolute atomic E-state index is 12.4. The second-order valence-electron chi connectivity index (χ2n) is 5.92. The topological polar surface area (TPSA) is 26.3 Å². The lowest BCUT2D eigenvalue weighted by atomic mass is 9.93. The minimum atomic E-state index is -0.223. The molecule has 2 heteroatoms. The third kappa shape index (κ3) is 3.83. The predicted molar refractivity (Wildman–Crippen MR) is 97.4 cm³/mol. The fourth-order valence-electron chi connectivity index (χ4n) is 2.89. The number of carbonyl (C=O) groups excluding carboxylic acids is 1. The van der Waals surface area contributed by atoms with E-state index in [1.54, 1.807) is 0 Å². The van der Waals surface area contributed by atoms with Crippen LogP contribution in [0.25, 0.3) is 10.8 Å². The highest BCUT2D eigenvalue weighted by atomic mass is 16.5. The van der Waals surface area contributed by atoms with E-state index in [0.717, 1.165) is 5.56 Å². The standard InChI is InChI=1S/C22H21O2/c1-2-18(22(23)24-16-17-9-4-3-5-10-17)15-20-13-8-12-19-11-6-7-14-21(19)20/h3-14,18H,1-2,15-16H2. The molecule has 1 atom stereocenters. The molecule has 3 aromatic carbocycles. The van der Waals surface area contributed by atoms with Gasteiger partial charge in [-0.1, -0.05) is 79.7 Å². The summed E-state index contributed by atoms with van der Waals surface area (Å²) in [5, 5.41) is 2.38. The van der Waals surface area contributed by atoms with Crippen molar-refractivity contribution in [3.05, 3.63) is 90.8 Å². The Bertz CT molecular complexity index is 803. The second-order valence-corrected chi connectivity index (χ2v) is 5.92. The van der Waals surface area contributed by atoms with Gasteiger partial charge in [0.15, 0.2) is 0 Å². The Morgan fingerprint density at radius 2 is 1.62 bits per heavy atom. The SMILES string of the molecule is [CH2]CC(Cc1cccc2ccccc12)C(=O)OCc1ccccc1. The van der Waals surface area contributed by atoms with Gasteiger partial charge in [0.2, 0.25) is 0 Å². The fourth-order valence-corrected chi connectivity index (χ4v) is 2.89. The number of rotatable bonds is 6. The van der Waals surface area contributed by atoms with Crippen molar-refractivity contribution in [2.45, 2.75) is 19.4 Å². The molecule has 0 saturated heterocycles. The second kappa shape index (κ2) is 7.78. The van der Waals surface area contributed by atoms with Crippen molar-refractivity contribution in [2.75, 3.05) is 0 Å². The molecule has 0 spiro atoms. The summed E-state index contributed by atoms with van der Waals surface area (Å²) >= 11 is 0. The molecule has 0 aliphatic heterocycles. The van der Waals surface area contributed by atoms with E-state index in [1.165, 1.54) is 16.3 Å². The predicted octanol–water partition coefficient (Wildman–Crippen LogP) is 4.97. The van der Waals surface area contributed by atoms with E-state index in [4.69, 9.17) is 4.74 Å². The summed E-state index contributed by atoms with van der Waals surface area (Å²) in [6, 6.07) is 24.2. The Labute approximate surface area is 143 Å². The normalized spacial score (nSPS) is 12.0. The average molecular weight is 317 g/mol. The maximum Gasteiger partial charge on any atom is 0.309 e. The molecule has 0 N–H and O–H groups in total. The van der Waals surface area contributed by atoms with Crippen molar-refractivity contribution in [1.29, 1.82) is 0 Å². The van der Waals surface area contributed by atoms with E-state index in [-0.39, 0.29) is 11.9 Å². The summed E-state index contributed by atoms with van der Waals surface area (Å²) < 4.78 is 5.49. The summed E-state index contributed by atoms with van der Waals surface area (Å²) in [4.78, 5) is 12.4. The van der Waals surface area contributed by atoms with Gasteiger partial charge in [-0.3, -0.25) is 4.79 Å². The first-order valence-corrected chi connectivity index (χ1v) is 8.24. The van der Waals surface area contributed by atoms with Gasteiger partial charge in [0.25, 0.3) is 0 Å². The molecular formula is C22H21O2. The minimum Gasteiger partial charge on any atom is -0.461 e. The molecule has 0 heterocycles. The Kier molecular flexibility index (Phi) is 5.27. The third-order valence-electron chi connectivity index (χ3n) is 4.25. The van der Waals surface area contributed by atoms with E-state index in [0.29, 0.717) is 19.4 Å². The first-order valence-electron chi connectivity index (χ1n) is 8.24. The molecule has 0 aliphatic rings. The lowest BCUT2D eigenvalue weighted by molar-refractivity contribution is -0.149. The lowest BCUT2D eigenvalue weighted by Crippen LogP contribution is -2.19. The minimum absolute atomic E-state index is 0.179. The summed E-state index contributed by atoms with van der Waals surface area (Å²) in [5.41, 5.74) is 2.16. The van der Waals surface area contributed by atoms with E-state index in [9.17, 15) is 4.79 Å². The first kappa shape index (κ1) is 16.3. The fraction of sp³-hybridized carbons (Fsp3) is 0.182. The van der Waals surface area contributed by atoms with Gasteiger partial charge < -0.3 is 4.74 Å². The Balaban J connectivity index is 1.70. The molecule has 24 heavy (non-hydrogen) atoms. The Hall–Kier alpha value is -2.61. The van der Waals surface area contributed by atoms with Crippen molar-refractivity contribution in [2.24, 2.45) is 5.92 Å². The van der Waals surface area contributed by atoms with Crippen LogP contribution in [0.1, 0.15) is 17.5 Å². The molecular weight excluding hydrogens is 296 g/mol. The van der Waals surface area contributed by atoms with Gasteiger partial charge in [-0.05, 0) is 34.7 Å². The van der Waals surface area contributed by atoms with E-state index in [2.05, 4.69) is 31.2 Å². The van der Waals surface area contributed by atoms with Gasteiger partial charge in [-0.2, -0.15) is 0 Å². The molecule has 0 saturated carbocycles. The van der Waals surface area contributed by atoms with Gasteiger partial charge >= 0.3 is 5.97 Å². The lowest BCUT2D eigenvalue weighted by Gasteiger charge is -2.15. The van der Waals surface area contributed by atoms with Crippen molar-refractivity contribution in [3.63, 3.8) is 0 Å². The number of fused-ring (bicyclic) bond motifs is 1. The van der Waals surface area contributed by atoms with Crippen LogP contribution in [-0.2, 0) is 22.6 Å². The van der Waals surface area contributed by atoms with E-state index < -0.39 is 0 Å². The van der Waals surface area contributed by atoms with Gasteiger partial charge in [-0.25, -0.2) is 0 Å². The summed E-state index contributed by atoms with van der Waals surface area (Å²) in [7, 11) is 0. The largest absolute Gasteiger partial charge is 0.461 e. The third-order valence-corrected chi connectivity index (χ3v) is 4.25. The molecule has 2 nitrogen and oxygen atoms in total. The number of esters is 1. The van der Waals surface area contributed by atoms with Gasteiger partial charge in [-0.15, -0.1) is 0 Å². The molecule has 0 aliphatic carbocycles. The number of hydrogen-bond donors (Lipinski definition) is 0. The van der Waals surface area contributed by atoms with Crippen LogP contribution in [0.4, 0.5) is 0 Å². The molecule has 121 valence electrons. The number of hydrogen-bond acceptors (Lipinski definition) is 2. The summed E-state index contributed by atoms with van der Waals surface area (Å²) in [5.74, 6) is -0.402. The molecule has 3 aromatic rings. The van der Waals surface area contributed by atoms with Gasteiger partial charge in [0, 0.05) is 0 Å². The highest BCUT2D eigenvalue weighted by Gasteiger charge is 2.19. The van der Waals surface area contributed by atoms with Crippen molar-refractivity contribution in [1.82, 2.24) is 0 Å². The molecule has 0 bridgehead atoms. The number of carbonyl (C=O) groups is 1. The summed E-state index contributed by atoms with van der Waals surface area (Å²) in [6.45, 7) is 4.25. The zero-order valence-corrected chi connectivity index (χ0v) is 13.7. The molecule has 1 unspecified atom stereocenters. The van der Waals surface area contributed by atoms with Crippen LogP contribution in [0.15, 0.2) is 72.8 Å². The van der Waals surface area contributed by atoms with Crippen molar-refractivity contribution >= 4 is 16.7 Å². The van der Waals surface area contributed by atoms with E-state index in [1.807, 2.05) is 48.5 Å². The average Bonchev–Trinajstić information content (AvgIpc) is 2.65. The van der Waals surface area contributed by atoms with E-state index >= 15 is 0 Å². The smallest absolute Gasteiger partial charge is 0.309 e. The zero-order valence-electron chi connectivity index (χ0n) is 13.7. The first-order chi connectivity index (χ1) is 11.8. The zero-order chi connectivity index (χ0) is 16.8. The highest BCUT2D eigenvalue weighted by Crippen LogP contribution is 2.23. The van der Waals surface area contributed by atoms with Crippen molar-refractivity contribution in [3.8, 4) is 0 Å². The van der Waals surface area contributed by atoms with Crippen LogP contribution in [0.3, 0.4) is 0 Å². The van der Waals surface area contributed by atoms with Gasteiger partial charge in [0.05, 0.1) is 5.92 Å². The maximum atomic E-state index is 12.4.